The van der Waals surface area contributed by atoms with Gasteiger partial charge >= 0.3 is 0 Å². The van der Waals surface area contributed by atoms with Crippen molar-refractivity contribution in [2.45, 2.75) is 44.5 Å². The SMILES string of the molecule is CCNC(=NCc1cccc(CN(C)C)c1)NCC1(C)CCCS1.I. The average molecular weight is 476 g/mol. The minimum Gasteiger partial charge on any atom is -0.357 e. The van der Waals surface area contributed by atoms with Crippen molar-refractivity contribution < 1.29 is 0 Å². The zero-order valence-electron chi connectivity index (χ0n) is 16.0. The largest absolute Gasteiger partial charge is 0.357 e. The molecule has 1 unspecified atom stereocenters. The van der Waals surface area contributed by atoms with Gasteiger partial charge in [-0.05, 0) is 57.7 Å². The molecule has 25 heavy (non-hydrogen) atoms. The van der Waals surface area contributed by atoms with Crippen LogP contribution in [0.4, 0.5) is 0 Å². The summed E-state index contributed by atoms with van der Waals surface area (Å²) >= 11 is 2.08. The van der Waals surface area contributed by atoms with Crippen LogP contribution in [0.5, 0.6) is 0 Å². The summed E-state index contributed by atoms with van der Waals surface area (Å²) in [5.41, 5.74) is 2.59. The molecule has 1 heterocycles. The van der Waals surface area contributed by atoms with E-state index in [-0.39, 0.29) is 24.0 Å². The number of nitrogens with zero attached hydrogens (tertiary/aromatic N) is 2. The molecule has 1 aromatic carbocycles. The van der Waals surface area contributed by atoms with Crippen LogP contribution in [-0.4, -0.2) is 48.5 Å². The summed E-state index contributed by atoms with van der Waals surface area (Å²) in [6, 6.07) is 8.70. The van der Waals surface area contributed by atoms with Crippen LogP contribution < -0.4 is 10.6 Å². The lowest BCUT2D eigenvalue weighted by Crippen LogP contribution is -2.43. The van der Waals surface area contributed by atoms with E-state index in [1.54, 1.807) is 0 Å². The molecule has 0 amide bonds. The fourth-order valence-corrected chi connectivity index (χ4v) is 4.19. The smallest absolute Gasteiger partial charge is 0.191 e. The minimum atomic E-state index is 0. The maximum atomic E-state index is 4.77. The number of benzene rings is 1. The zero-order chi connectivity index (χ0) is 17.4. The molecule has 142 valence electrons. The molecule has 0 aliphatic carbocycles. The normalized spacial score (nSPS) is 20.4. The van der Waals surface area contributed by atoms with Crippen molar-refractivity contribution in [1.82, 2.24) is 15.5 Å². The molecule has 2 rings (SSSR count). The first-order valence-corrected chi connectivity index (χ1v) is 9.88. The third-order valence-corrected chi connectivity index (χ3v) is 5.72. The van der Waals surface area contributed by atoms with Crippen LogP contribution in [0.1, 0.15) is 37.8 Å². The van der Waals surface area contributed by atoms with E-state index in [0.717, 1.165) is 25.6 Å². The zero-order valence-corrected chi connectivity index (χ0v) is 19.1. The molecule has 1 atom stereocenters. The topological polar surface area (TPSA) is 39.7 Å². The molecule has 1 fully saturated rings. The van der Waals surface area contributed by atoms with E-state index in [2.05, 4.69) is 79.5 Å². The van der Waals surface area contributed by atoms with Crippen molar-refractivity contribution >= 4 is 41.7 Å². The third kappa shape index (κ3) is 8.17. The van der Waals surface area contributed by atoms with Crippen LogP contribution in [0.25, 0.3) is 0 Å². The molecule has 1 saturated heterocycles. The number of hydrogen-bond donors (Lipinski definition) is 2. The van der Waals surface area contributed by atoms with Crippen LogP contribution in [-0.2, 0) is 13.1 Å². The second-order valence-electron chi connectivity index (χ2n) is 7.01. The Morgan fingerprint density at radius 2 is 2.04 bits per heavy atom. The maximum absolute atomic E-state index is 4.77. The van der Waals surface area contributed by atoms with E-state index in [4.69, 9.17) is 4.99 Å². The van der Waals surface area contributed by atoms with Crippen LogP contribution in [0, 0.1) is 0 Å². The fraction of sp³-hybridized carbons (Fsp3) is 0.632. The maximum Gasteiger partial charge on any atom is 0.191 e. The predicted octanol–water partition coefficient (Wildman–Crippen LogP) is 3.71. The highest BCUT2D eigenvalue weighted by molar-refractivity contribution is 14.0. The molecule has 0 radical (unpaired) electrons. The Bertz CT molecular complexity index is 542. The lowest BCUT2D eigenvalue weighted by atomic mass is 10.1. The van der Waals surface area contributed by atoms with E-state index >= 15 is 0 Å². The number of nitrogens with one attached hydrogen (secondary N) is 2. The molecule has 0 spiro atoms. The van der Waals surface area contributed by atoms with Crippen molar-refractivity contribution in [2.24, 2.45) is 4.99 Å². The summed E-state index contributed by atoms with van der Waals surface area (Å²) in [7, 11) is 4.19. The van der Waals surface area contributed by atoms with E-state index in [1.807, 2.05) is 0 Å². The first-order valence-electron chi connectivity index (χ1n) is 8.89. The number of halogens is 1. The van der Waals surface area contributed by atoms with E-state index in [9.17, 15) is 0 Å². The summed E-state index contributed by atoms with van der Waals surface area (Å²) in [5.74, 6) is 2.20. The molecule has 0 saturated carbocycles. The van der Waals surface area contributed by atoms with Gasteiger partial charge in [0, 0.05) is 24.4 Å². The summed E-state index contributed by atoms with van der Waals surface area (Å²) in [6.07, 6.45) is 2.62. The molecule has 1 aromatic rings. The highest BCUT2D eigenvalue weighted by Gasteiger charge is 2.29. The summed E-state index contributed by atoms with van der Waals surface area (Å²) < 4.78 is 0.349. The van der Waals surface area contributed by atoms with Gasteiger partial charge in [0.2, 0.25) is 0 Å². The Morgan fingerprint density at radius 1 is 1.28 bits per heavy atom. The van der Waals surface area contributed by atoms with Gasteiger partial charge in [-0.15, -0.1) is 24.0 Å². The lowest BCUT2D eigenvalue weighted by Gasteiger charge is -2.24. The van der Waals surface area contributed by atoms with Crippen molar-refractivity contribution in [2.75, 3.05) is 32.9 Å². The molecule has 1 aliphatic rings. The third-order valence-electron chi connectivity index (χ3n) is 4.18. The Hall–Kier alpha value is -0.470. The highest BCUT2D eigenvalue weighted by Crippen LogP contribution is 2.36. The van der Waals surface area contributed by atoms with E-state index < -0.39 is 0 Å². The first kappa shape index (κ1) is 22.6. The van der Waals surface area contributed by atoms with Gasteiger partial charge in [0.05, 0.1) is 6.54 Å². The molecule has 6 heteroatoms. The van der Waals surface area contributed by atoms with Gasteiger partial charge in [-0.2, -0.15) is 11.8 Å². The summed E-state index contributed by atoms with van der Waals surface area (Å²) in [6.45, 7) is 8.00. The second-order valence-corrected chi connectivity index (χ2v) is 8.69. The Morgan fingerprint density at radius 3 is 2.68 bits per heavy atom. The molecular weight excluding hydrogens is 443 g/mol. The van der Waals surface area contributed by atoms with Gasteiger partial charge in [0.15, 0.2) is 5.96 Å². The Balaban J connectivity index is 0.00000312. The van der Waals surface area contributed by atoms with Crippen molar-refractivity contribution in [3.05, 3.63) is 35.4 Å². The van der Waals surface area contributed by atoms with Gasteiger partial charge in [0.1, 0.15) is 0 Å². The molecule has 4 nitrogen and oxygen atoms in total. The average Bonchev–Trinajstić information content (AvgIpc) is 2.97. The number of hydrogen-bond acceptors (Lipinski definition) is 3. The molecule has 0 aromatic heterocycles. The molecule has 1 aliphatic heterocycles. The van der Waals surface area contributed by atoms with Crippen molar-refractivity contribution in [1.29, 1.82) is 0 Å². The fourth-order valence-electron chi connectivity index (χ4n) is 2.95. The Kier molecular flexibility index (Phi) is 10.2. The lowest BCUT2D eigenvalue weighted by molar-refractivity contribution is 0.402. The van der Waals surface area contributed by atoms with Crippen molar-refractivity contribution in [3.8, 4) is 0 Å². The van der Waals surface area contributed by atoms with Crippen LogP contribution >= 0.6 is 35.7 Å². The predicted molar refractivity (Wildman–Crippen MR) is 122 cm³/mol. The summed E-state index contributed by atoms with van der Waals surface area (Å²) in [5, 5.41) is 6.89. The van der Waals surface area contributed by atoms with Crippen LogP contribution in [0.15, 0.2) is 29.3 Å². The second kappa shape index (κ2) is 11.3. The summed E-state index contributed by atoms with van der Waals surface area (Å²) in [4.78, 5) is 6.96. The van der Waals surface area contributed by atoms with Gasteiger partial charge in [0.25, 0.3) is 0 Å². The van der Waals surface area contributed by atoms with Gasteiger partial charge in [-0.3, -0.25) is 0 Å². The Labute approximate surface area is 174 Å². The monoisotopic (exact) mass is 476 g/mol. The van der Waals surface area contributed by atoms with Crippen LogP contribution in [0.2, 0.25) is 0 Å². The van der Waals surface area contributed by atoms with E-state index in [1.165, 1.54) is 29.7 Å². The minimum absolute atomic E-state index is 0. The standard InChI is InChI=1S/C19H32N4S.HI/c1-5-20-18(22-15-19(2)10-7-11-24-19)21-13-16-8-6-9-17(12-16)14-23(3)4;/h6,8-9,12H,5,7,10-11,13-15H2,1-4H3,(H2,20,21,22);1H. The van der Waals surface area contributed by atoms with Gasteiger partial charge in [-0.1, -0.05) is 24.3 Å². The molecular formula is C19H33IN4S. The number of thioether (sulfide) groups is 1. The first-order chi connectivity index (χ1) is 11.5. The number of rotatable bonds is 7. The highest BCUT2D eigenvalue weighted by atomic mass is 127. The van der Waals surface area contributed by atoms with E-state index in [0.29, 0.717) is 11.3 Å². The number of guanidine groups is 1. The van der Waals surface area contributed by atoms with Crippen molar-refractivity contribution in [3.63, 3.8) is 0 Å². The number of aliphatic imine (C=N–C) groups is 1. The van der Waals surface area contributed by atoms with Gasteiger partial charge < -0.3 is 15.5 Å². The van der Waals surface area contributed by atoms with Gasteiger partial charge in [-0.25, -0.2) is 4.99 Å². The quantitative estimate of drug-likeness (QED) is 0.358. The molecule has 0 bridgehead atoms. The van der Waals surface area contributed by atoms with Crippen LogP contribution in [0.3, 0.4) is 0 Å². The molecule has 2 N–H and O–H groups in total.